The third kappa shape index (κ3) is 2.87. The Labute approximate surface area is 105 Å². The highest BCUT2D eigenvalue weighted by Gasteiger charge is 2.29. The van der Waals surface area contributed by atoms with Gasteiger partial charge in [0.15, 0.2) is 9.84 Å². The molecule has 0 aromatic heterocycles. The van der Waals surface area contributed by atoms with Crippen molar-refractivity contribution < 1.29 is 17.6 Å². The predicted molar refractivity (Wildman–Crippen MR) is 65.7 cm³/mol. The van der Waals surface area contributed by atoms with Crippen LogP contribution in [-0.4, -0.2) is 31.9 Å². The lowest BCUT2D eigenvalue weighted by Gasteiger charge is -2.11. The van der Waals surface area contributed by atoms with Gasteiger partial charge in [-0.3, -0.25) is 4.79 Å². The van der Waals surface area contributed by atoms with Gasteiger partial charge in [0.2, 0.25) is 0 Å². The molecule has 1 aliphatic rings. The average Bonchev–Trinajstić information content (AvgIpc) is 2.61. The molecule has 0 bridgehead atoms. The minimum absolute atomic E-state index is 0.0423. The van der Waals surface area contributed by atoms with Gasteiger partial charge in [0.05, 0.1) is 17.1 Å². The van der Waals surface area contributed by atoms with Crippen LogP contribution < -0.4 is 5.32 Å². The predicted octanol–water partition coefficient (Wildman–Crippen LogP) is 1.05. The van der Waals surface area contributed by atoms with E-state index in [1.807, 2.05) is 0 Å². The lowest BCUT2D eigenvalue weighted by molar-refractivity contribution is 0.0937. The van der Waals surface area contributed by atoms with Crippen LogP contribution in [0.3, 0.4) is 0 Å². The number of carbonyl (C=O) groups excluding carboxylic acids is 1. The van der Waals surface area contributed by atoms with E-state index in [0.29, 0.717) is 6.42 Å². The maximum atomic E-state index is 13.5. The van der Waals surface area contributed by atoms with Crippen LogP contribution in [0, 0.1) is 12.7 Å². The van der Waals surface area contributed by atoms with Crippen molar-refractivity contribution in [3.63, 3.8) is 0 Å². The number of carbonyl (C=O) groups is 1. The van der Waals surface area contributed by atoms with Gasteiger partial charge in [0.1, 0.15) is 5.82 Å². The van der Waals surface area contributed by atoms with E-state index in [-0.39, 0.29) is 17.1 Å². The zero-order chi connectivity index (χ0) is 13.3. The smallest absolute Gasteiger partial charge is 0.254 e. The Kier molecular flexibility index (Phi) is 3.38. The van der Waals surface area contributed by atoms with Crippen LogP contribution in [0.5, 0.6) is 0 Å². The van der Waals surface area contributed by atoms with Crippen LogP contribution in [0.1, 0.15) is 22.3 Å². The Morgan fingerprint density at radius 1 is 1.44 bits per heavy atom. The highest BCUT2D eigenvalue weighted by molar-refractivity contribution is 7.91. The summed E-state index contributed by atoms with van der Waals surface area (Å²) in [5, 5.41) is 2.56. The summed E-state index contributed by atoms with van der Waals surface area (Å²) in [4.78, 5) is 11.8. The third-order valence-electron chi connectivity index (χ3n) is 2.93. The molecule has 1 aromatic rings. The fourth-order valence-corrected chi connectivity index (χ4v) is 3.66. The number of hydrogen-bond acceptors (Lipinski definition) is 3. The number of aryl methyl sites for hydroxylation is 1. The summed E-state index contributed by atoms with van der Waals surface area (Å²) in [6, 6.07) is 3.85. The molecule has 0 spiro atoms. The van der Waals surface area contributed by atoms with Gasteiger partial charge >= 0.3 is 0 Å². The van der Waals surface area contributed by atoms with Crippen LogP contribution in [-0.2, 0) is 9.84 Å². The normalized spacial score (nSPS) is 21.8. The monoisotopic (exact) mass is 271 g/mol. The molecule has 1 unspecified atom stereocenters. The van der Waals surface area contributed by atoms with E-state index in [9.17, 15) is 17.6 Å². The zero-order valence-corrected chi connectivity index (χ0v) is 10.8. The molecule has 98 valence electrons. The Balaban J connectivity index is 2.11. The fourth-order valence-electron chi connectivity index (χ4n) is 1.99. The molecule has 0 aliphatic carbocycles. The second-order valence-electron chi connectivity index (χ2n) is 4.56. The van der Waals surface area contributed by atoms with E-state index < -0.39 is 27.6 Å². The highest BCUT2D eigenvalue weighted by atomic mass is 32.2. The number of halogens is 1. The Morgan fingerprint density at radius 2 is 2.17 bits per heavy atom. The summed E-state index contributed by atoms with van der Waals surface area (Å²) in [6.07, 6.45) is 0.390. The van der Waals surface area contributed by atoms with Crippen LogP contribution in [0.4, 0.5) is 4.39 Å². The van der Waals surface area contributed by atoms with Crippen molar-refractivity contribution in [3.8, 4) is 0 Å². The van der Waals surface area contributed by atoms with Gasteiger partial charge in [0.25, 0.3) is 5.91 Å². The first-order valence-corrected chi connectivity index (χ1v) is 7.47. The molecular weight excluding hydrogens is 257 g/mol. The van der Waals surface area contributed by atoms with Crippen LogP contribution >= 0.6 is 0 Å². The van der Waals surface area contributed by atoms with Crippen molar-refractivity contribution in [2.75, 3.05) is 11.5 Å². The van der Waals surface area contributed by atoms with Gasteiger partial charge in [0, 0.05) is 6.04 Å². The van der Waals surface area contributed by atoms with Gasteiger partial charge < -0.3 is 5.32 Å². The quantitative estimate of drug-likeness (QED) is 0.874. The molecule has 1 saturated heterocycles. The molecule has 1 fully saturated rings. The highest BCUT2D eigenvalue weighted by Crippen LogP contribution is 2.14. The maximum Gasteiger partial charge on any atom is 0.254 e. The largest absolute Gasteiger partial charge is 0.348 e. The number of rotatable bonds is 2. The maximum absolute atomic E-state index is 13.5. The third-order valence-corrected chi connectivity index (χ3v) is 4.70. The minimum atomic E-state index is -3.05. The number of hydrogen-bond donors (Lipinski definition) is 1. The van der Waals surface area contributed by atoms with Gasteiger partial charge in [-0.05, 0) is 25.5 Å². The summed E-state index contributed by atoms with van der Waals surface area (Å²) in [6.45, 7) is 1.76. The summed E-state index contributed by atoms with van der Waals surface area (Å²) in [5.74, 6) is -1.14. The molecule has 1 aromatic carbocycles. The van der Waals surface area contributed by atoms with E-state index in [1.54, 1.807) is 13.0 Å². The van der Waals surface area contributed by atoms with Gasteiger partial charge in [-0.2, -0.15) is 0 Å². The number of sulfone groups is 1. The number of amides is 1. The first kappa shape index (κ1) is 13.0. The van der Waals surface area contributed by atoms with Crippen molar-refractivity contribution in [2.45, 2.75) is 19.4 Å². The van der Waals surface area contributed by atoms with Gasteiger partial charge in [-0.25, -0.2) is 12.8 Å². The molecule has 1 atom stereocenters. The van der Waals surface area contributed by atoms with Crippen molar-refractivity contribution >= 4 is 15.7 Å². The molecular formula is C12H14FNO3S. The molecule has 0 radical (unpaired) electrons. The minimum Gasteiger partial charge on any atom is -0.348 e. The topological polar surface area (TPSA) is 63.2 Å². The molecule has 6 heteroatoms. The SMILES string of the molecule is Cc1ccc(F)c(C(=O)NC2CCS(=O)(=O)C2)c1. The summed E-state index contributed by atoms with van der Waals surface area (Å²) < 4.78 is 36.0. The van der Waals surface area contributed by atoms with Crippen LogP contribution in [0.2, 0.25) is 0 Å². The second kappa shape index (κ2) is 4.68. The van der Waals surface area contributed by atoms with Crippen molar-refractivity contribution in [3.05, 3.63) is 35.1 Å². The van der Waals surface area contributed by atoms with Crippen LogP contribution in [0.25, 0.3) is 0 Å². The Morgan fingerprint density at radius 3 is 2.78 bits per heavy atom. The van der Waals surface area contributed by atoms with E-state index in [2.05, 4.69) is 5.32 Å². The van der Waals surface area contributed by atoms with Crippen molar-refractivity contribution in [2.24, 2.45) is 0 Å². The lowest BCUT2D eigenvalue weighted by Crippen LogP contribution is -2.36. The fraction of sp³-hybridized carbons (Fsp3) is 0.417. The van der Waals surface area contributed by atoms with Crippen molar-refractivity contribution in [1.82, 2.24) is 5.32 Å². The second-order valence-corrected chi connectivity index (χ2v) is 6.79. The van der Waals surface area contributed by atoms with E-state index in [0.717, 1.165) is 5.56 Å². The van der Waals surface area contributed by atoms with Crippen molar-refractivity contribution in [1.29, 1.82) is 0 Å². The molecule has 2 rings (SSSR count). The van der Waals surface area contributed by atoms with E-state index in [4.69, 9.17) is 0 Å². The van der Waals surface area contributed by atoms with Crippen LogP contribution in [0.15, 0.2) is 18.2 Å². The molecule has 0 saturated carbocycles. The zero-order valence-electron chi connectivity index (χ0n) is 9.94. The van der Waals surface area contributed by atoms with E-state index >= 15 is 0 Å². The summed E-state index contributed by atoms with van der Waals surface area (Å²) in [7, 11) is -3.05. The molecule has 1 heterocycles. The molecule has 1 amide bonds. The average molecular weight is 271 g/mol. The Hall–Kier alpha value is -1.43. The number of benzene rings is 1. The van der Waals surface area contributed by atoms with Gasteiger partial charge in [-0.15, -0.1) is 0 Å². The molecule has 1 aliphatic heterocycles. The van der Waals surface area contributed by atoms with Gasteiger partial charge in [-0.1, -0.05) is 11.6 Å². The summed E-state index contributed by atoms with van der Waals surface area (Å²) >= 11 is 0. The first-order valence-electron chi connectivity index (χ1n) is 5.65. The molecule has 18 heavy (non-hydrogen) atoms. The standard InChI is InChI=1S/C12H14FNO3S/c1-8-2-3-11(13)10(6-8)12(15)14-9-4-5-18(16,17)7-9/h2-3,6,9H,4-5,7H2,1H3,(H,14,15). The number of nitrogens with one attached hydrogen (secondary N) is 1. The molecule has 4 nitrogen and oxygen atoms in total. The van der Waals surface area contributed by atoms with E-state index in [1.165, 1.54) is 12.1 Å². The Bertz CT molecular complexity index is 583. The summed E-state index contributed by atoms with van der Waals surface area (Å²) in [5.41, 5.74) is 0.736. The molecule has 1 N–H and O–H groups in total. The first-order chi connectivity index (χ1) is 8.37. The lowest BCUT2D eigenvalue weighted by atomic mass is 10.1.